The fraction of sp³-hybridized carbons (Fsp3) is 1.00. The molecule has 1 aliphatic heterocycles. The van der Waals surface area contributed by atoms with Crippen molar-refractivity contribution in [3.63, 3.8) is 0 Å². The largest absolute Gasteiger partial charge is 0.381 e. The van der Waals surface area contributed by atoms with Crippen molar-refractivity contribution in [2.75, 3.05) is 13.2 Å². The number of hydrogen-bond donors (Lipinski definition) is 0. The van der Waals surface area contributed by atoms with Crippen LogP contribution < -0.4 is 0 Å². The maximum atomic E-state index is 5.46. The van der Waals surface area contributed by atoms with Crippen LogP contribution in [0.25, 0.3) is 0 Å². The van der Waals surface area contributed by atoms with Gasteiger partial charge in [-0.15, -0.1) is 0 Å². The minimum absolute atomic E-state index is 0.903. The third-order valence-electron chi connectivity index (χ3n) is 3.75. The van der Waals surface area contributed by atoms with Crippen molar-refractivity contribution in [2.45, 2.75) is 39.0 Å². The zero-order valence-electron chi connectivity index (χ0n) is 8.09. The van der Waals surface area contributed by atoms with E-state index in [-0.39, 0.29) is 0 Å². The van der Waals surface area contributed by atoms with Crippen molar-refractivity contribution in [3.05, 3.63) is 0 Å². The second-order valence-corrected chi connectivity index (χ2v) is 4.55. The van der Waals surface area contributed by atoms with E-state index in [9.17, 15) is 0 Å². The SMILES string of the molecule is CC1CCCCC1C1CCOC1. The van der Waals surface area contributed by atoms with E-state index in [1.54, 1.807) is 0 Å². The molecule has 70 valence electrons. The average molecular weight is 168 g/mol. The monoisotopic (exact) mass is 168 g/mol. The summed E-state index contributed by atoms with van der Waals surface area (Å²) in [6.45, 7) is 4.50. The zero-order chi connectivity index (χ0) is 8.39. The highest BCUT2D eigenvalue weighted by Gasteiger charge is 2.31. The Morgan fingerprint density at radius 3 is 2.58 bits per heavy atom. The first kappa shape index (κ1) is 8.55. The Kier molecular flexibility index (Phi) is 2.69. The predicted molar refractivity (Wildman–Crippen MR) is 50.0 cm³/mol. The normalized spacial score (nSPS) is 43.2. The standard InChI is InChI=1S/C11H20O/c1-9-4-2-3-5-11(9)10-6-7-12-8-10/h9-11H,2-8H2,1H3. The maximum absolute atomic E-state index is 5.46. The van der Waals surface area contributed by atoms with Gasteiger partial charge in [-0.2, -0.15) is 0 Å². The molecule has 1 heterocycles. The summed E-state index contributed by atoms with van der Waals surface area (Å²) in [6.07, 6.45) is 7.18. The Hall–Kier alpha value is -0.0400. The molecule has 0 spiro atoms. The summed E-state index contributed by atoms with van der Waals surface area (Å²) in [5.41, 5.74) is 0. The fourth-order valence-electron chi connectivity index (χ4n) is 2.94. The highest BCUT2D eigenvalue weighted by Crippen LogP contribution is 2.37. The summed E-state index contributed by atoms with van der Waals surface area (Å²) in [5.74, 6) is 2.85. The molecule has 3 unspecified atom stereocenters. The molecule has 0 aromatic rings. The van der Waals surface area contributed by atoms with Gasteiger partial charge in [-0.3, -0.25) is 0 Å². The predicted octanol–water partition coefficient (Wildman–Crippen LogP) is 2.85. The van der Waals surface area contributed by atoms with Crippen LogP contribution in [0.1, 0.15) is 39.0 Å². The van der Waals surface area contributed by atoms with E-state index in [1.807, 2.05) is 0 Å². The van der Waals surface area contributed by atoms with Gasteiger partial charge in [-0.25, -0.2) is 0 Å². The van der Waals surface area contributed by atoms with Gasteiger partial charge in [0.15, 0.2) is 0 Å². The summed E-state index contributed by atoms with van der Waals surface area (Å²) in [5, 5.41) is 0. The fourth-order valence-corrected chi connectivity index (χ4v) is 2.94. The molecule has 1 saturated heterocycles. The lowest BCUT2D eigenvalue weighted by atomic mass is 9.73. The molecule has 0 aromatic carbocycles. The first-order valence-corrected chi connectivity index (χ1v) is 5.45. The topological polar surface area (TPSA) is 9.23 Å². The van der Waals surface area contributed by atoms with Gasteiger partial charge in [0.05, 0.1) is 0 Å². The van der Waals surface area contributed by atoms with E-state index < -0.39 is 0 Å². The van der Waals surface area contributed by atoms with Gasteiger partial charge in [0.1, 0.15) is 0 Å². The van der Waals surface area contributed by atoms with E-state index in [0.29, 0.717) is 0 Å². The number of rotatable bonds is 1. The highest BCUT2D eigenvalue weighted by atomic mass is 16.5. The molecular weight excluding hydrogens is 148 g/mol. The Bertz CT molecular complexity index is 138. The summed E-state index contributed by atoms with van der Waals surface area (Å²) >= 11 is 0. The van der Waals surface area contributed by atoms with Crippen LogP contribution >= 0.6 is 0 Å². The van der Waals surface area contributed by atoms with Crippen molar-refractivity contribution in [2.24, 2.45) is 17.8 Å². The van der Waals surface area contributed by atoms with Crippen LogP contribution in [0.4, 0.5) is 0 Å². The molecule has 1 aliphatic carbocycles. The van der Waals surface area contributed by atoms with Crippen LogP contribution in [0.2, 0.25) is 0 Å². The molecule has 0 aromatic heterocycles. The van der Waals surface area contributed by atoms with Crippen molar-refractivity contribution in [1.29, 1.82) is 0 Å². The summed E-state index contributed by atoms with van der Waals surface area (Å²) < 4.78 is 5.46. The molecule has 1 saturated carbocycles. The number of ether oxygens (including phenoxy) is 1. The van der Waals surface area contributed by atoms with Crippen LogP contribution in [0.15, 0.2) is 0 Å². The van der Waals surface area contributed by atoms with Gasteiger partial charge in [0.25, 0.3) is 0 Å². The van der Waals surface area contributed by atoms with Crippen LogP contribution in [0.5, 0.6) is 0 Å². The number of hydrogen-bond acceptors (Lipinski definition) is 1. The van der Waals surface area contributed by atoms with Crippen molar-refractivity contribution < 1.29 is 4.74 Å². The third-order valence-corrected chi connectivity index (χ3v) is 3.75. The van der Waals surface area contributed by atoms with Gasteiger partial charge in [-0.05, 0) is 30.6 Å². The Balaban J connectivity index is 1.91. The molecule has 1 heteroatoms. The molecule has 3 atom stereocenters. The molecular formula is C11H20O. The lowest BCUT2D eigenvalue weighted by Gasteiger charge is -2.32. The van der Waals surface area contributed by atoms with Crippen LogP contribution in [0, 0.1) is 17.8 Å². The molecule has 0 N–H and O–H groups in total. The first-order valence-electron chi connectivity index (χ1n) is 5.45. The molecule has 2 aliphatic rings. The van der Waals surface area contributed by atoms with Crippen LogP contribution in [-0.2, 0) is 4.74 Å². The maximum Gasteiger partial charge on any atom is 0.0497 e. The lowest BCUT2D eigenvalue weighted by molar-refractivity contribution is 0.134. The lowest BCUT2D eigenvalue weighted by Crippen LogP contribution is -2.25. The third kappa shape index (κ3) is 1.66. The van der Waals surface area contributed by atoms with E-state index in [0.717, 1.165) is 31.0 Å². The summed E-state index contributed by atoms with van der Waals surface area (Å²) in [7, 11) is 0. The van der Waals surface area contributed by atoms with E-state index in [2.05, 4.69) is 6.92 Å². The Labute approximate surface area is 75.5 Å². The highest BCUT2D eigenvalue weighted by molar-refractivity contribution is 4.80. The molecule has 1 nitrogen and oxygen atoms in total. The first-order chi connectivity index (χ1) is 5.88. The van der Waals surface area contributed by atoms with Gasteiger partial charge in [0, 0.05) is 13.2 Å². The molecule has 2 rings (SSSR count). The Morgan fingerprint density at radius 2 is 1.92 bits per heavy atom. The van der Waals surface area contributed by atoms with E-state index >= 15 is 0 Å². The second-order valence-electron chi connectivity index (χ2n) is 4.55. The summed E-state index contributed by atoms with van der Waals surface area (Å²) in [4.78, 5) is 0. The quantitative estimate of drug-likeness (QED) is 0.585. The van der Waals surface area contributed by atoms with Crippen LogP contribution in [-0.4, -0.2) is 13.2 Å². The molecule has 2 fully saturated rings. The smallest absolute Gasteiger partial charge is 0.0497 e. The van der Waals surface area contributed by atoms with Crippen molar-refractivity contribution in [1.82, 2.24) is 0 Å². The molecule has 12 heavy (non-hydrogen) atoms. The molecule has 0 amide bonds. The summed E-state index contributed by atoms with van der Waals surface area (Å²) in [6, 6.07) is 0. The van der Waals surface area contributed by atoms with E-state index in [4.69, 9.17) is 4.74 Å². The van der Waals surface area contributed by atoms with Gasteiger partial charge >= 0.3 is 0 Å². The second kappa shape index (κ2) is 3.78. The van der Waals surface area contributed by atoms with Gasteiger partial charge in [0.2, 0.25) is 0 Å². The van der Waals surface area contributed by atoms with Crippen molar-refractivity contribution in [3.8, 4) is 0 Å². The van der Waals surface area contributed by atoms with E-state index in [1.165, 1.54) is 32.1 Å². The van der Waals surface area contributed by atoms with Gasteiger partial charge < -0.3 is 4.74 Å². The van der Waals surface area contributed by atoms with Crippen LogP contribution in [0.3, 0.4) is 0 Å². The molecule has 0 radical (unpaired) electrons. The average Bonchev–Trinajstić information content (AvgIpc) is 2.57. The Morgan fingerprint density at radius 1 is 1.08 bits per heavy atom. The minimum Gasteiger partial charge on any atom is -0.381 e. The zero-order valence-corrected chi connectivity index (χ0v) is 8.09. The minimum atomic E-state index is 0.903. The molecule has 0 bridgehead atoms. The van der Waals surface area contributed by atoms with Gasteiger partial charge in [-0.1, -0.05) is 26.2 Å². The van der Waals surface area contributed by atoms with Crippen molar-refractivity contribution >= 4 is 0 Å².